The highest BCUT2D eigenvalue weighted by molar-refractivity contribution is 6.36. The average Bonchev–Trinajstić information content (AvgIpc) is 2.26. The number of aryl methyl sites for hydroxylation is 1. The van der Waals surface area contributed by atoms with E-state index in [1.807, 2.05) is 6.92 Å². The third-order valence-corrected chi connectivity index (χ3v) is 3.12. The molecule has 0 radical (unpaired) electrons. The number of benzene rings is 1. The van der Waals surface area contributed by atoms with Crippen LogP contribution in [0.4, 0.5) is 13.2 Å². The normalized spacial score (nSPS) is 11.2. The third kappa shape index (κ3) is 1.76. The Morgan fingerprint density at radius 1 is 1.24 bits per heavy atom. The van der Waals surface area contributed by atoms with Gasteiger partial charge in [0.2, 0.25) is 0 Å². The molecule has 0 unspecified atom stereocenters. The van der Waals surface area contributed by atoms with Gasteiger partial charge in [-0.3, -0.25) is 4.98 Å². The summed E-state index contributed by atoms with van der Waals surface area (Å²) in [5.41, 5.74) is 1.26. The Morgan fingerprint density at radius 3 is 2.47 bits per heavy atom. The molecule has 90 valence electrons. The fourth-order valence-corrected chi connectivity index (χ4v) is 2.30. The van der Waals surface area contributed by atoms with Gasteiger partial charge in [-0.25, -0.2) is 13.2 Å². The van der Waals surface area contributed by atoms with E-state index in [0.717, 1.165) is 6.07 Å². The summed E-state index contributed by atoms with van der Waals surface area (Å²) in [6, 6.07) is 0.853. The Hall–Kier alpha value is -1.29. The van der Waals surface area contributed by atoms with E-state index in [0.29, 0.717) is 17.7 Å². The SMILES string of the molecule is CCc1c(C)nc2cc(F)c(F)c(F)c2c1Cl. The predicted octanol–water partition coefficient (Wildman–Crippen LogP) is 4.18. The first kappa shape index (κ1) is 12.2. The van der Waals surface area contributed by atoms with Crippen molar-refractivity contribution in [1.29, 1.82) is 0 Å². The molecule has 5 heteroatoms. The molecule has 0 atom stereocenters. The molecule has 17 heavy (non-hydrogen) atoms. The zero-order chi connectivity index (χ0) is 12.7. The van der Waals surface area contributed by atoms with E-state index < -0.39 is 17.5 Å². The second-order valence-corrected chi connectivity index (χ2v) is 4.10. The molecule has 0 saturated carbocycles. The van der Waals surface area contributed by atoms with Gasteiger partial charge in [0.1, 0.15) is 0 Å². The van der Waals surface area contributed by atoms with Crippen LogP contribution >= 0.6 is 11.6 Å². The zero-order valence-electron chi connectivity index (χ0n) is 9.24. The quantitative estimate of drug-likeness (QED) is 0.700. The average molecular weight is 260 g/mol. The Morgan fingerprint density at radius 2 is 1.88 bits per heavy atom. The monoisotopic (exact) mass is 259 g/mol. The molecule has 0 amide bonds. The summed E-state index contributed by atoms with van der Waals surface area (Å²) in [5, 5.41) is -0.0561. The van der Waals surface area contributed by atoms with Crippen molar-refractivity contribution in [3.8, 4) is 0 Å². The van der Waals surface area contributed by atoms with Gasteiger partial charge in [-0.05, 0) is 18.9 Å². The van der Waals surface area contributed by atoms with Gasteiger partial charge < -0.3 is 0 Å². The van der Waals surface area contributed by atoms with Gasteiger partial charge in [0.15, 0.2) is 17.5 Å². The summed E-state index contributed by atoms with van der Waals surface area (Å²) in [6.45, 7) is 3.53. The maximum atomic E-state index is 13.6. The van der Waals surface area contributed by atoms with Gasteiger partial charge >= 0.3 is 0 Å². The summed E-state index contributed by atoms with van der Waals surface area (Å²) in [7, 11) is 0. The van der Waals surface area contributed by atoms with Crippen LogP contribution in [0.5, 0.6) is 0 Å². The molecule has 0 spiro atoms. The minimum atomic E-state index is -1.52. The zero-order valence-corrected chi connectivity index (χ0v) is 10.00. The Kier molecular flexibility index (Phi) is 3.00. The van der Waals surface area contributed by atoms with Gasteiger partial charge in [-0.2, -0.15) is 0 Å². The summed E-state index contributed by atoms with van der Waals surface area (Å²) in [6.07, 6.45) is 0.548. The summed E-state index contributed by atoms with van der Waals surface area (Å²) < 4.78 is 39.8. The summed E-state index contributed by atoms with van der Waals surface area (Å²) in [4.78, 5) is 4.04. The maximum absolute atomic E-state index is 13.6. The summed E-state index contributed by atoms with van der Waals surface area (Å²) in [5.74, 6) is -4.07. The molecule has 0 fully saturated rings. The van der Waals surface area contributed by atoms with Gasteiger partial charge in [0.25, 0.3) is 0 Å². The number of hydrogen-bond donors (Lipinski definition) is 0. The topological polar surface area (TPSA) is 12.9 Å². The van der Waals surface area contributed by atoms with E-state index in [2.05, 4.69) is 4.98 Å². The molecule has 1 aromatic carbocycles. The molecule has 0 aliphatic rings. The van der Waals surface area contributed by atoms with E-state index in [-0.39, 0.29) is 15.9 Å². The van der Waals surface area contributed by atoms with Crippen LogP contribution in [0.3, 0.4) is 0 Å². The van der Waals surface area contributed by atoms with Crippen LogP contribution in [0.25, 0.3) is 10.9 Å². The number of hydrogen-bond acceptors (Lipinski definition) is 1. The first-order chi connectivity index (χ1) is 7.97. The van der Waals surface area contributed by atoms with Crippen LogP contribution < -0.4 is 0 Å². The molecule has 0 aliphatic heterocycles. The highest BCUT2D eigenvalue weighted by Crippen LogP contribution is 2.32. The number of nitrogens with zero attached hydrogens (tertiary/aromatic N) is 1. The van der Waals surface area contributed by atoms with E-state index in [9.17, 15) is 13.2 Å². The van der Waals surface area contributed by atoms with Crippen molar-refractivity contribution in [3.63, 3.8) is 0 Å². The minimum absolute atomic E-state index is 0.0288. The van der Waals surface area contributed by atoms with Gasteiger partial charge in [-0.15, -0.1) is 0 Å². The molecule has 0 bridgehead atoms. The second kappa shape index (κ2) is 4.18. The molecule has 0 saturated heterocycles. The highest BCUT2D eigenvalue weighted by Gasteiger charge is 2.19. The van der Waals surface area contributed by atoms with Crippen LogP contribution in [-0.4, -0.2) is 4.98 Å². The number of pyridine rings is 1. The standard InChI is InChI=1S/C12H9ClF3N/c1-3-6-5(2)17-8-4-7(14)11(15)12(16)9(8)10(6)13/h4H,3H2,1-2H3. The first-order valence-electron chi connectivity index (χ1n) is 5.09. The van der Waals surface area contributed by atoms with Gasteiger partial charge in [0, 0.05) is 11.8 Å². The Labute approximate surface area is 101 Å². The lowest BCUT2D eigenvalue weighted by molar-refractivity contribution is 0.453. The number of halogens is 4. The smallest absolute Gasteiger partial charge is 0.195 e. The molecule has 2 rings (SSSR count). The van der Waals surface area contributed by atoms with E-state index in [1.54, 1.807) is 6.92 Å². The van der Waals surface area contributed by atoms with Crippen LogP contribution in [-0.2, 0) is 6.42 Å². The number of fused-ring (bicyclic) bond motifs is 1. The first-order valence-corrected chi connectivity index (χ1v) is 5.47. The van der Waals surface area contributed by atoms with Crippen LogP contribution in [0, 0.1) is 24.4 Å². The molecule has 2 aromatic rings. The fraction of sp³-hybridized carbons (Fsp3) is 0.250. The Balaban J connectivity index is 2.98. The largest absolute Gasteiger partial charge is 0.253 e. The van der Waals surface area contributed by atoms with Gasteiger partial charge in [0.05, 0.1) is 15.9 Å². The highest BCUT2D eigenvalue weighted by atomic mass is 35.5. The van der Waals surface area contributed by atoms with Crippen LogP contribution in [0.15, 0.2) is 6.07 Å². The molecular weight excluding hydrogens is 251 g/mol. The van der Waals surface area contributed by atoms with E-state index >= 15 is 0 Å². The van der Waals surface area contributed by atoms with Crippen molar-refractivity contribution < 1.29 is 13.2 Å². The lowest BCUT2D eigenvalue weighted by atomic mass is 10.1. The van der Waals surface area contributed by atoms with Crippen molar-refractivity contribution in [1.82, 2.24) is 4.98 Å². The van der Waals surface area contributed by atoms with Crippen molar-refractivity contribution in [2.75, 3.05) is 0 Å². The minimum Gasteiger partial charge on any atom is -0.253 e. The molecular formula is C12H9ClF3N. The van der Waals surface area contributed by atoms with E-state index in [1.165, 1.54) is 0 Å². The van der Waals surface area contributed by atoms with Crippen LogP contribution in [0.1, 0.15) is 18.2 Å². The molecule has 0 aliphatic carbocycles. The van der Waals surface area contributed by atoms with Crippen molar-refractivity contribution in [3.05, 3.63) is 39.8 Å². The second-order valence-electron chi connectivity index (χ2n) is 3.72. The molecule has 1 nitrogen and oxygen atoms in total. The summed E-state index contributed by atoms with van der Waals surface area (Å²) >= 11 is 6.01. The van der Waals surface area contributed by atoms with Crippen LogP contribution in [0.2, 0.25) is 5.02 Å². The van der Waals surface area contributed by atoms with Crippen molar-refractivity contribution in [2.45, 2.75) is 20.3 Å². The van der Waals surface area contributed by atoms with Crippen molar-refractivity contribution in [2.24, 2.45) is 0 Å². The molecule has 1 heterocycles. The number of rotatable bonds is 1. The lowest BCUT2D eigenvalue weighted by Gasteiger charge is -2.10. The predicted molar refractivity (Wildman–Crippen MR) is 60.7 cm³/mol. The number of aromatic nitrogens is 1. The molecule has 0 N–H and O–H groups in total. The maximum Gasteiger partial charge on any atom is 0.195 e. The fourth-order valence-electron chi connectivity index (χ4n) is 1.85. The van der Waals surface area contributed by atoms with Gasteiger partial charge in [-0.1, -0.05) is 18.5 Å². The van der Waals surface area contributed by atoms with Crippen molar-refractivity contribution >= 4 is 22.5 Å². The van der Waals surface area contributed by atoms with E-state index in [4.69, 9.17) is 11.6 Å². The molecule has 1 aromatic heterocycles. The Bertz CT molecular complexity index is 611. The third-order valence-electron chi connectivity index (χ3n) is 2.70. The lowest BCUT2D eigenvalue weighted by Crippen LogP contribution is -2.00.